The van der Waals surface area contributed by atoms with Crippen molar-refractivity contribution in [2.75, 3.05) is 0 Å². The SMILES string of the molecule is Cc1cc(C)cc(C)c1.O=Cc1ccccc1O[PH+]=O. The van der Waals surface area contributed by atoms with Crippen LogP contribution < -0.4 is 4.52 Å². The van der Waals surface area contributed by atoms with Gasteiger partial charge in [-0.1, -0.05) is 47.0 Å². The van der Waals surface area contributed by atoms with E-state index in [9.17, 15) is 9.36 Å². The van der Waals surface area contributed by atoms with E-state index in [2.05, 4.69) is 43.5 Å². The lowest BCUT2D eigenvalue weighted by molar-refractivity contribution is 0.112. The molecular formula is C16H18O3P+. The molecule has 0 aromatic heterocycles. The number of hydrogen-bond acceptors (Lipinski definition) is 3. The third kappa shape index (κ3) is 5.33. The minimum Gasteiger partial charge on any atom is -0.298 e. The first kappa shape index (κ1) is 16.1. The van der Waals surface area contributed by atoms with Crippen molar-refractivity contribution in [3.63, 3.8) is 0 Å². The van der Waals surface area contributed by atoms with Gasteiger partial charge in [-0.2, -0.15) is 0 Å². The molecule has 4 heteroatoms. The zero-order chi connectivity index (χ0) is 15.0. The van der Waals surface area contributed by atoms with E-state index >= 15 is 0 Å². The van der Waals surface area contributed by atoms with Crippen molar-refractivity contribution in [2.24, 2.45) is 0 Å². The third-order valence-electron chi connectivity index (χ3n) is 2.56. The summed E-state index contributed by atoms with van der Waals surface area (Å²) < 4.78 is 14.7. The second kappa shape index (κ2) is 8.23. The van der Waals surface area contributed by atoms with Crippen molar-refractivity contribution in [3.8, 4) is 5.75 Å². The third-order valence-corrected chi connectivity index (χ3v) is 2.87. The molecule has 2 aromatic rings. The lowest BCUT2D eigenvalue weighted by Crippen LogP contribution is -1.83. The predicted octanol–water partition coefficient (Wildman–Crippen LogP) is 4.43. The summed E-state index contributed by atoms with van der Waals surface area (Å²) in [5.74, 6) is 0.357. The van der Waals surface area contributed by atoms with E-state index in [1.807, 2.05) is 0 Å². The van der Waals surface area contributed by atoms with Crippen LogP contribution in [-0.2, 0) is 4.57 Å². The molecule has 2 aromatic carbocycles. The van der Waals surface area contributed by atoms with Gasteiger partial charge in [0.15, 0.2) is 12.0 Å². The van der Waals surface area contributed by atoms with Crippen molar-refractivity contribution in [2.45, 2.75) is 20.8 Å². The van der Waals surface area contributed by atoms with Crippen LogP contribution in [0, 0.1) is 20.8 Å². The molecule has 20 heavy (non-hydrogen) atoms. The molecule has 0 aliphatic rings. The lowest BCUT2D eigenvalue weighted by atomic mass is 10.1. The Bertz CT molecular complexity index is 544. The van der Waals surface area contributed by atoms with Crippen molar-refractivity contribution >= 4 is 15.0 Å². The molecule has 2 rings (SSSR count). The van der Waals surface area contributed by atoms with Crippen LogP contribution >= 0.6 is 8.69 Å². The van der Waals surface area contributed by atoms with Crippen molar-refractivity contribution in [3.05, 3.63) is 64.7 Å². The molecule has 0 N–H and O–H groups in total. The number of benzene rings is 2. The highest BCUT2D eigenvalue weighted by molar-refractivity contribution is 7.17. The van der Waals surface area contributed by atoms with Gasteiger partial charge in [-0.05, 0) is 37.5 Å². The van der Waals surface area contributed by atoms with Crippen LogP contribution in [0.15, 0.2) is 42.5 Å². The van der Waals surface area contributed by atoms with Crippen molar-refractivity contribution in [1.29, 1.82) is 0 Å². The van der Waals surface area contributed by atoms with Crippen LogP contribution in [0.2, 0.25) is 0 Å². The number of para-hydroxylation sites is 1. The second-order valence-electron chi connectivity index (χ2n) is 4.51. The average Bonchev–Trinajstić information content (AvgIpc) is 2.39. The number of carbonyl (C=O) groups excluding carboxylic acids is 1. The van der Waals surface area contributed by atoms with E-state index in [1.54, 1.807) is 24.3 Å². The topological polar surface area (TPSA) is 43.4 Å². The molecule has 1 atom stereocenters. The Morgan fingerprint density at radius 2 is 1.45 bits per heavy atom. The number of hydrogen-bond donors (Lipinski definition) is 0. The van der Waals surface area contributed by atoms with Gasteiger partial charge in [-0.25, -0.2) is 0 Å². The summed E-state index contributed by atoms with van der Waals surface area (Å²) in [6.07, 6.45) is 0.662. The molecule has 0 radical (unpaired) electrons. The summed E-state index contributed by atoms with van der Waals surface area (Å²) in [5, 5.41) is 0. The van der Waals surface area contributed by atoms with Gasteiger partial charge >= 0.3 is 8.69 Å². The second-order valence-corrected chi connectivity index (χ2v) is 4.88. The number of aldehydes is 1. The minimum absolute atomic E-state index is 0.357. The molecule has 0 spiro atoms. The zero-order valence-electron chi connectivity index (χ0n) is 11.8. The first-order chi connectivity index (χ1) is 9.56. The highest BCUT2D eigenvalue weighted by atomic mass is 31.1. The molecule has 0 amide bonds. The monoisotopic (exact) mass is 289 g/mol. The molecule has 104 valence electrons. The molecule has 3 nitrogen and oxygen atoms in total. The normalized spacial score (nSPS) is 9.55. The predicted molar refractivity (Wildman–Crippen MR) is 82.1 cm³/mol. The standard InChI is InChI=1S/C9H12.C7H6O3P/c1-7-4-8(2)6-9(3)5-7;8-5-6-3-1-2-4-7(6)10-11-9/h4-6H,1-3H3;1-5,11H/q;+1. The molecule has 0 saturated carbocycles. The van der Waals surface area contributed by atoms with Gasteiger partial charge in [0, 0.05) is 0 Å². The van der Waals surface area contributed by atoms with Gasteiger partial charge in [0.05, 0.1) is 5.56 Å². The number of rotatable bonds is 3. The first-order valence-electron chi connectivity index (χ1n) is 6.20. The summed E-state index contributed by atoms with van der Waals surface area (Å²) >= 11 is 0. The number of carbonyl (C=O) groups is 1. The summed E-state index contributed by atoms with van der Waals surface area (Å²) in [4.78, 5) is 10.3. The molecule has 0 bridgehead atoms. The molecule has 0 heterocycles. The fourth-order valence-electron chi connectivity index (χ4n) is 1.92. The summed E-state index contributed by atoms with van der Waals surface area (Å²) in [6.45, 7) is 6.38. The Morgan fingerprint density at radius 3 is 1.90 bits per heavy atom. The zero-order valence-corrected chi connectivity index (χ0v) is 12.8. The van der Waals surface area contributed by atoms with E-state index in [-0.39, 0.29) is 0 Å². The van der Waals surface area contributed by atoms with Gasteiger partial charge in [-0.3, -0.25) is 9.32 Å². The Morgan fingerprint density at radius 1 is 0.950 bits per heavy atom. The highest BCUT2D eigenvalue weighted by Gasteiger charge is 2.03. The summed E-state index contributed by atoms with van der Waals surface area (Å²) in [5.41, 5.74) is 4.48. The van der Waals surface area contributed by atoms with Gasteiger partial charge in [0.1, 0.15) is 0 Å². The van der Waals surface area contributed by atoms with Crippen LogP contribution in [0.25, 0.3) is 0 Å². The smallest absolute Gasteiger partial charge is 0.298 e. The summed E-state index contributed by atoms with van der Waals surface area (Å²) in [6, 6.07) is 13.2. The van der Waals surface area contributed by atoms with Gasteiger partial charge in [0.2, 0.25) is 0 Å². The molecule has 0 saturated heterocycles. The highest BCUT2D eigenvalue weighted by Crippen LogP contribution is 2.18. The first-order valence-corrected chi connectivity index (χ1v) is 7.01. The average molecular weight is 289 g/mol. The molecule has 0 aliphatic carbocycles. The minimum atomic E-state index is -0.874. The van der Waals surface area contributed by atoms with E-state index in [0.717, 1.165) is 0 Å². The van der Waals surface area contributed by atoms with E-state index in [1.165, 1.54) is 16.7 Å². The fraction of sp³-hybridized carbons (Fsp3) is 0.188. The quantitative estimate of drug-likeness (QED) is 0.620. The Labute approximate surface area is 120 Å². The number of aryl methyl sites for hydroxylation is 3. The van der Waals surface area contributed by atoms with Crippen LogP contribution in [0.1, 0.15) is 27.0 Å². The molecule has 0 aliphatic heterocycles. The van der Waals surface area contributed by atoms with Crippen LogP contribution in [0.5, 0.6) is 5.75 Å². The maximum atomic E-state index is 10.3. The molecule has 0 fully saturated rings. The molecule has 1 unspecified atom stereocenters. The maximum absolute atomic E-state index is 10.3. The van der Waals surface area contributed by atoms with Crippen molar-refractivity contribution < 1.29 is 13.9 Å². The van der Waals surface area contributed by atoms with Crippen LogP contribution in [0.4, 0.5) is 0 Å². The van der Waals surface area contributed by atoms with Gasteiger partial charge < -0.3 is 0 Å². The Balaban J connectivity index is 0.000000204. The van der Waals surface area contributed by atoms with Crippen LogP contribution in [0.3, 0.4) is 0 Å². The van der Waals surface area contributed by atoms with Crippen molar-refractivity contribution in [1.82, 2.24) is 0 Å². The van der Waals surface area contributed by atoms with Crippen LogP contribution in [-0.4, -0.2) is 6.29 Å². The summed E-state index contributed by atoms with van der Waals surface area (Å²) in [7, 11) is -0.874. The Kier molecular flexibility index (Phi) is 6.61. The Hall–Kier alpha value is -1.99. The largest absolute Gasteiger partial charge is 0.542 e. The maximum Gasteiger partial charge on any atom is 0.542 e. The van der Waals surface area contributed by atoms with E-state index in [0.29, 0.717) is 17.6 Å². The van der Waals surface area contributed by atoms with Gasteiger partial charge in [0.25, 0.3) is 0 Å². The molecular weight excluding hydrogens is 271 g/mol. The van der Waals surface area contributed by atoms with E-state index in [4.69, 9.17) is 0 Å². The van der Waals surface area contributed by atoms with E-state index < -0.39 is 8.69 Å². The fourth-order valence-corrected chi connectivity index (χ4v) is 2.19. The van der Waals surface area contributed by atoms with Gasteiger partial charge in [-0.15, -0.1) is 0 Å². The lowest BCUT2D eigenvalue weighted by Gasteiger charge is -1.96.